The largest absolute Gasteiger partial charge is 0.354 e. The summed E-state index contributed by atoms with van der Waals surface area (Å²) in [5.74, 6) is 0.892. The minimum atomic E-state index is 0.471. The Morgan fingerprint density at radius 1 is 1.35 bits per heavy atom. The van der Waals surface area contributed by atoms with Gasteiger partial charge in [-0.15, -0.1) is 11.3 Å². The number of nitrogens with zero attached hydrogens (tertiary/aromatic N) is 2. The second-order valence-corrected chi connectivity index (χ2v) is 8.74. The molecule has 0 spiro atoms. The summed E-state index contributed by atoms with van der Waals surface area (Å²) in [6.45, 7) is 5.28. The molecule has 1 saturated heterocycles. The van der Waals surface area contributed by atoms with Crippen LogP contribution in [0.3, 0.4) is 0 Å². The molecular formula is C20H27BrN4S. The smallest absolute Gasteiger partial charge is 0.191 e. The molecule has 2 aromatic rings. The molecule has 6 heteroatoms. The predicted molar refractivity (Wildman–Crippen MR) is 115 cm³/mol. The number of aliphatic imine (C=N–C) groups is 1. The number of hydrogen-bond acceptors (Lipinski definition) is 3. The van der Waals surface area contributed by atoms with Crippen molar-refractivity contribution in [3.05, 3.63) is 56.7 Å². The van der Waals surface area contributed by atoms with Gasteiger partial charge in [-0.3, -0.25) is 9.89 Å². The van der Waals surface area contributed by atoms with Crippen molar-refractivity contribution in [2.24, 2.45) is 4.99 Å². The Morgan fingerprint density at radius 2 is 2.15 bits per heavy atom. The molecule has 1 aliphatic rings. The minimum absolute atomic E-state index is 0.471. The van der Waals surface area contributed by atoms with Crippen LogP contribution in [-0.4, -0.2) is 36.5 Å². The van der Waals surface area contributed by atoms with Gasteiger partial charge in [0.15, 0.2) is 5.96 Å². The highest BCUT2D eigenvalue weighted by Gasteiger charge is 2.25. The molecule has 2 unspecified atom stereocenters. The van der Waals surface area contributed by atoms with E-state index in [1.807, 2.05) is 7.05 Å². The van der Waals surface area contributed by atoms with Crippen molar-refractivity contribution in [2.45, 2.75) is 44.9 Å². The zero-order valence-electron chi connectivity index (χ0n) is 15.4. The number of thiophene rings is 1. The molecular weight excluding hydrogens is 408 g/mol. The minimum Gasteiger partial charge on any atom is -0.354 e. The number of halogens is 1. The Morgan fingerprint density at radius 3 is 2.81 bits per heavy atom. The van der Waals surface area contributed by atoms with Crippen molar-refractivity contribution in [3.63, 3.8) is 0 Å². The molecule has 0 bridgehead atoms. The van der Waals surface area contributed by atoms with Crippen LogP contribution >= 0.6 is 27.3 Å². The van der Waals surface area contributed by atoms with Gasteiger partial charge in [-0.1, -0.05) is 30.3 Å². The van der Waals surface area contributed by atoms with Crippen molar-refractivity contribution in [2.75, 3.05) is 13.6 Å². The lowest BCUT2D eigenvalue weighted by atomic mass is 9.97. The molecule has 4 nitrogen and oxygen atoms in total. The molecule has 0 saturated carbocycles. The second-order valence-electron chi connectivity index (χ2n) is 6.83. The third-order valence-corrected chi connectivity index (χ3v) is 6.56. The van der Waals surface area contributed by atoms with E-state index in [9.17, 15) is 0 Å². The molecule has 0 amide bonds. The highest BCUT2D eigenvalue weighted by Crippen LogP contribution is 2.21. The maximum absolute atomic E-state index is 4.39. The fraction of sp³-hybridized carbons (Fsp3) is 0.450. The molecule has 1 fully saturated rings. The van der Waals surface area contributed by atoms with E-state index in [1.54, 1.807) is 11.3 Å². The molecule has 2 atom stereocenters. The zero-order valence-corrected chi connectivity index (χ0v) is 17.8. The van der Waals surface area contributed by atoms with Crippen LogP contribution in [0.2, 0.25) is 0 Å². The highest BCUT2D eigenvalue weighted by molar-refractivity contribution is 9.10. The molecule has 0 aliphatic carbocycles. The molecule has 1 aliphatic heterocycles. The first-order chi connectivity index (χ1) is 12.6. The third kappa shape index (κ3) is 5.56. The first-order valence-corrected chi connectivity index (χ1v) is 10.8. The van der Waals surface area contributed by atoms with E-state index in [2.05, 4.69) is 85.2 Å². The van der Waals surface area contributed by atoms with Gasteiger partial charge in [-0.25, -0.2) is 0 Å². The van der Waals surface area contributed by atoms with Gasteiger partial charge in [-0.05, 0) is 47.3 Å². The quantitative estimate of drug-likeness (QED) is 0.546. The van der Waals surface area contributed by atoms with Gasteiger partial charge in [0, 0.05) is 47.0 Å². The predicted octanol–water partition coefficient (Wildman–Crippen LogP) is 4.23. The average molecular weight is 435 g/mol. The maximum Gasteiger partial charge on any atom is 0.191 e. The zero-order chi connectivity index (χ0) is 18.4. The summed E-state index contributed by atoms with van der Waals surface area (Å²) in [4.78, 5) is 8.26. The van der Waals surface area contributed by atoms with Gasteiger partial charge in [0.2, 0.25) is 0 Å². The molecule has 3 rings (SSSR count). The van der Waals surface area contributed by atoms with Crippen LogP contribution < -0.4 is 10.6 Å². The summed E-state index contributed by atoms with van der Waals surface area (Å²) in [6, 6.07) is 13.9. The van der Waals surface area contributed by atoms with Gasteiger partial charge < -0.3 is 10.6 Å². The first-order valence-electron chi connectivity index (χ1n) is 9.12. The van der Waals surface area contributed by atoms with Crippen LogP contribution in [0.25, 0.3) is 0 Å². The lowest BCUT2D eigenvalue weighted by Gasteiger charge is -2.38. The van der Waals surface area contributed by atoms with Gasteiger partial charge in [0.1, 0.15) is 0 Å². The number of rotatable bonds is 5. The number of likely N-dealkylation sites (tertiary alicyclic amines) is 1. The van der Waals surface area contributed by atoms with Crippen LogP contribution in [0, 0.1) is 0 Å². The van der Waals surface area contributed by atoms with Gasteiger partial charge in [0.05, 0.1) is 6.54 Å². The first kappa shape index (κ1) is 19.4. The molecule has 140 valence electrons. The Balaban J connectivity index is 1.46. The molecule has 2 heterocycles. The Hall–Kier alpha value is -1.37. The summed E-state index contributed by atoms with van der Waals surface area (Å²) >= 11 is 5.25. The molecule has 26 heavy (non-hydrogen) atoms. The summed E-state index contributed by atoms with van der Waals surface area (Å²) in [5.41, 5.74) is 1.39. The molecule has 1 aromatic carbocycles. The average Bonchev–Trinajstić information content (AvgIpc) is 3.07. The normalized spacial score (nSPS) is 21.6. The van der Waals surface area contributed by atoms with Crippen molar-refractivity contribution < 1.29 is 0 Å². The van der Waals surface area contributed by atoms with Gasteiger partial charge in [0.25, 0.3) is 0 Å². The fourth-order valence-corrected chi connectivity index (χ4v) is 4.80. The van der Waals surface area contributed by atoms with E-state index in [-0.39, 0.29) is 0 Å². The Bertz CT molecular complexity index is 716. The van der Waals surface area contributed by atoms with Crippen LogP contribution in [0.15, 0.2) is 51.2 Å². The number of piperidine rings is 1. The highest BCUT2D eigenvalue weighted by atomic mass is 79.9. The maximum atomic E-state index is 4.39. The van der Waals surface area contributed by atoms with Gasteiger partial charge in [-0.2, -0.15) is 0 Å². The number of benzene rings is 1. The standard InChI is InChI=1S/C20H27BrN4S/c1-15-10-18(8-9-25(15)13-16-6-4-3-5-7-16)24-20(22-2)23-12-19-11-17(21)14-26-19/h3-7,11,14-15,18H,8-10,12-13H2,1-2H3,(H2,22,23,24). The summed E-state index contributed by atoms with van der Waals surface area (Å²) in [7, 11) is 1.84. The monoisotopic (exact) mass is 434 g/mol. The lowest BCUT2D eigenvalue weighted by molar-refractivity contribution is 0.134. The Labute approximate surface area is 168 Å². The van der Waals surface area contributed by atoms with Crippen LogP contribution in [0.1, 0.15) is 30.2 Å². The summed E-state index contributed by atoms with van der Waals surface area (Å²) < 4.78 is 1.14. The second kappa shape index (κ2) is 9.53. The van der Waals surface area contributed by atoms with Crippen molar-refractivity contribution in [3.8, 4) is 0 Å². The van der Waals surface area contributed by atoms with E-state index >= 15 is 0 Å². The molecule has 0 radical (unpaired) electrons. The molecule has 1 aromatic heterocycles. The van der Waals surface area contributed by atoms with Crippen LogP contribution in [-0.2, 0) is 13.1 Å². The van der Waals surface area contributed by atoms with Crippen molar-refractivity contribution >= 4 is 33.2 Å². The van der Waals surface area contributed by atoms with E-state index in [0.29, 0.717) is 12.1 Å². The van der Waals surface area contributed by atoms with Gasteiger partial charge >= 0.3 is 0 Å². The third-order valence-electron chi connectivity index (χ3n) is 4.86. The summed E-state index contributed by atoms with van der Waals surface area (Å²) in [5, 5.41) is 9.14. The van der Waals surface area contributed by atoms with Crippen molar-refractivity contribution in [1.29, 1.82) is 0 Å². The van der Waals surface area contributed by atoms with E-state index in [0.717, 1.165) is 42.9 Å². The SMILES string of the molecule is CN=C(NCc1cc(Br)cs1)NC1CCN(Cc2ccccc2)C(C)C1. The molecule has 2 N–H and O–H groups in total. The number of hydrogen-bond donors (Lipinski definition) is 2. The van der Waals surface area contributed by atoms with Crippen LogP contribution in [0.4, 0.5) is 0 Å². The fourth-order valence-electron chi connectivity index (χ4n) is 3.41. The summed E-state index contributed by atoms with van der Waals surface area (Å²) in [6.07, 6.45) is 2.28. The van der Waals surface area contributed by atoms with E-state index in [1.165, 1.54) is 10.4 Å². The van der Waals surface area contributed by atoms with E-state index < -0.39 is 0 Å². The number of nitrogens with one attached hydrogen (secondary N) is 2. The van der Waals surface area contributed by atoms with E-state index in [4.69, 9.17) is 0 Å². The topological polar surface area (TPSA) is 39.7 Å². The van der Waals surface area contributed by atoms with Crippen LogP contribution in [0.5, 0.6) is 0 Å². The lowest BCUT2D eigenvalue weighted by Crippen LogP contribution is -2.51. The number of guanidine groups is 1. The Kier molecular flexibility index (Phi) is 7.11. The van der Waals surface area contributed by atoms with Crippen molar-refractivity contribution in [1.82, 2.24) is 15.5 Å².